The number of phenolic OH excluding ortho intramolecular Hbond substituents is 2. The fourth-order valence-corrected chi connectivity index (χ4v) is 5.50. The number of nitrogens with zero attached hydrogens (tertiary/aromatic N) is 1. The fraction of sp³-hybridized carbons (Fsp3) is 0.162. The number of hydrogen-bond acceptors (Lipinski definition) is 5. The lowest BCUT2D eigenvalue weighted by Gasteiger charge is -2.19. The number of imidazole rings is 1. The van der Waals surface area contributed by atoms with E-state index in [1.165, 1.54) is 23.8 Å². The molecule has 6 rings (SSSR count). The predicted octanol–water partition coefficient (Wildman–Crippen LogP) is 7.18. The van der Waals surface area contributed by atoms with Crippen LogP contribution in [0.2, 0.25) is 0 Å². The number of nitrogens with one attached hydrogen (secondary N) is 2. The van der Waals surface area contributed by atoms with Gasteiger partial charge in [0.15, 0.2) is 0 Å². The third kappa shape index (κ3) is 6.08. The van der Waals surface area contributed by atoms with Gasteiger partial charge in [-0.15, -0.1) is 0 Å². The van der Waals surface area contributed by atoms with Gasteiger partial charge in [0.25, 0.3) is 5.91 Å². The molecule has 0 saturated carbocycles. The maximum Gasteiger partial charge on any atom is 0.326 e. The Morgan fingerprint density at radius 1 is 0.844 bits per heavy atom. The summed E-state index contributed by atoms with van der Waals surface area (Å²) in [6.45, 7) is 6.58. The van der Waals surface area contributed by atoms with Crippen LogP contribution in [0.5, 0.6) is 11.5 Å². The number of fused-ring (bicyclic) bond motifs is 3. The number of H-pyrrole nitrogens is 1. The van der Waals surface area contributed by atoms with Crippen molar-refractivity contribution in [2.45, 2.75) is 38.6 Å². The van der Waals surface area contributed by atoms with Crippen molar-refractivity contribution in [1.82, 2.24) is 15.3 Å². The molecular weight excluding hydrogens is 566 g/mol. The summed E-state index contributed by atoms with van der Waals surface area (Å²) in [5, 5.41) is 33.9. The van der Waals surface area contributed by atoms with Crippen LogP contribution >= 0.6 is 0 Å². The second-order valence-corrected chi connectivity index (χ2v) is 12.3. The molecule has 0 aliphatic carbocycles. The topological polar surface area (TPSA) is 136 Å². The molecule has 0 radical (unpaired) electrons. The number of aromatic hydroxyl groups is 2. The molecule has 0 aliphatic rings. The summed E-state index contributed by atoms with van der Waals surface area (Å²) in [5.74, 6) is -1.26. The van der Waals surface area contributed by atoms with E-state index in [-0.39, 0.29) is 28.9 Å². The molecule has 5 N–H and O–H groups in total. The zero-order valence-electron chi connectivity index (χ0n) is 25.1. The zero-order chi connectivity index (χ0) is 31.9. The summed E-state index contributed by atoms with van der Waals surface area (Å²) < 4.78 is 0. The molecule has 5 aromatic carbocycles. The van der Waals surface area contributed by atoms with Gasteiger partial charge in [0.2, 0.25) is 0 Å². The number of amides is 1. The van der Waals surface area contributed by atoms with Crippen LogP contribution in [-0.2, 0) is 16.6 Å². The van der Waals surface area contributed by atoms with Crippen LogP contribution in [0.15, 0.2) is 97.1 Å². The molecule has 8 nitrogen and oxygen atoms in total. The summed E-state index contributed by atoms with van der Waals surface area (Å²) in [5.41, 5.74) is 6.43. The number of aliphatic carboxylic acids is 1. The molecule has 0 spiro atoms. The first-order valence-electron chi connectivity index (χ1n) is 14.6. The smallest absolute Gasteiger partial charge is 0.326 e. The van der Waals surface area contributed by atoms with Gasteiger partial charge in [0, 0.05) is 17.5 Å². The Morgan fingerprint density at radius 2 is 1.56 bits per heavy atom. The van der Waals surface area contributed by atoms with Crippen LogP contribution in [0.1, 0.15) is 42.3 Å². The standard InChI is InChI=1S/C37H33N3O5/c1-37(2,3)27-12-9-22(10-13-27)23-5-4-6-25(18-23)34-38-29-16-11-24-19-26(20-31(42)32(24)33(29)40-34)35(43)39-30(36(44)45)17-21-7-14-28(41)15-8-21/h4-16,18-20,30,41-42H,17H2,1-3H3,(H,38,40)(H,39,43)(H,44,45). The number of rotatable bonds is 7. The Bertz CT molecular complexity index is 2060. The predicted molar refractivity (Wildman–Crippen MR) is 176 cm³/mol. The normalized spacial score (nSPS) is 12.3. The molecule has 226 valence electrons. The Morgan fingerprint density at radius 3 is 2.24 bits per heavy atom. The summed E-state index contributed by atoms with van der Waals surface area (Å²) in [7, 11) is 0. The molecule has 8 heteroatoms. The Labute approximate surface area is 260 Å². The quantitative estimate of drug-likeness (QED) is 0.132. The van der Waals surface area contributed by atoms with E-state index in [9.17, 15) is 24.9 Å². The maximum atomic E-state index is 13.1. The van der Waals surface area contributed by atoms with Gasteiger partial charge in [-0.25, -0.2) is 9.78 Å². The van der Waals surface area contributed by atoms with Crippen LogP contribution < -0.4 is 5.32 Å². The van der Waals surface area contributed by atoms with Crippen LogP contribution in [0.4, 0.5) is 0 Å². The van der Waals surface area contributed by atoms with Crippen molar-refractivity contribution in [3.05, 3.63) is 114 Å². The number of aromatic nitrogens is 2. The number of carbonyl (C=O) groups is 2. The molecule has 0 bridgehead atoms. The first-order valence-corrected chi connectivity index (χ1v) is 14.6. The number of carboxylic acids is 1. The second-order valence-electron chi connectivity index (χ2n) is 12.3. The second kappa shape index (κ2) is 11.5. The number of carbonyl (C=O) groups excluding carboxylic acids is 1. The molecular formula is C37H33N3O5. The average Bonchev–Trinajstić information content (AvgIpc) is 3.46. The molecule has 1 heterocycles. The van der Waals surface area contributed by atoms with E-state index < -0.39 is 17.9 Å². The van der Waals surface area contributed by atoms with Crippen LogP contribution in [-0.4, -0.2) is 43.2 Å². The lowest BCUT2D eigenvalue weighted by molar-refractivity contribution is -0.139. The fourth-order valence-electron chi connectivity index (χ4n) is 5.50. The number of carboxylic acid groups (broad SMARTS) is 1. The summed E-state index contributed by atoms with van der Waals surface area (Å²) in [4.78, 5) is 33.2. The van der Waals surface area contributed by atoms with E-state index in [0.717, 1.165) is 22.2 Å². The minimum Gasteiger partial charge on any atom is -0.508 e. The molecule has 0 fully saturated rings. The van der Waals surface area contributed by atoms with Crippen molar-refractivity contribution in [2.24, 2.45) is 0 Å². The molecule has 0 saturated heterocycles. The minimum atomic E-state index is -1.21. The zero-order valence-corrected chi connectivity index (χ0v) is 25.1. The Hall–Kier alpha value is -5.63. The third-order valence-electron chi connectivity index (χ3n) is 8.01. The Balaban J connectivity index is 1.28. The lowest BCUT2D eigenvalue weighted by atomic mass is 9.86. The van der Waals surface area contributed by atoms with Crippen LogP contribution in [0, 0.1) is 0 Å². The van der Waals surface area contributed by atoms with Crippen LogP contribution in [0.25, 0.3) is 44.3 Å². The van der Waals surface area contributed by atoms with Crippen molar-refractivity contribution in [3.8, 4) is 34.0 Å². The number of benzene rings is 5. The number of aromatic amines is 1. The highest BCUT2D eigenvalue weighted by atomic mass is 16.4. The van der Waals surface area contributed by atoms with Gasteiger partial charge in [0.1, 0.15) is 28.9 Å². The van der Waals surface area contributed by atoms with Crippen molar-refractivity contribution in [1.29, 1.82) is 0 Å². The van der Waals surface area contributed by atoms with E-state index in [0.29, 0.717) is 27.7 Å². The molecule has 1 aromatic heterocycles. The number of phenols is 2. The average molecular weight is 600 g/mol. The summed E-state index contributed by atoms with van der Waals surface area (Å²) in [6, 6.07) is 28.2. The Kier molecular flexibility index (Phi) is 7.50. The van der Waals surface area contributed by atoms with Crippen molar-refractivity contribution < 1.29 is 24.9 Å². The first kappa shape index (κ1) is 29.4. The first-order chi connectivity index (χ1) is 21.5. The molecule has 0 aliphatic heterocycles. The van der Waals surface area contributed by atoms with E-state index in [1.54, 1.807) is 24.3 Å². The SMILES string of the molecule is CC(C)(C)c1ccc(-c2cccc(-c3nc4c(ccc5cc(C(=O)NC(Cc6ccc(O)cc6)C(=O)O)cc(O)c54)[nH]3)c2)cc1. The highest BCUT2D eigenvalue weighted by Crippen LogP contribution is 2.35. The van der Waals surface area contributed by atoms with E-state index >= 15 is 0 Å². The monoisotopic (exact) mass is 599 g/mol. The molecule has 1 atom stereocenters. The lowest BCUT2D eigenvalue weighted by Crippen LogP contribution is -2.42. The summed E-state index contributed by atoms with van der Waals surface area (Å²) >= 11 is 0. The van der Waals surface area contributed by atoms with Gasteiger partial charge in [-0.2, -0.15) is 0 Å². The van der Waals surface area contributed by atoms with Crippen molar-refractivity contribution in [3.63, 3.8) is 0 Å². The highest BCUT2D eigenvalue weighted by molar-refractivity contribution is 6.11. The van der Waals surface area contributed by atoms with Crippen LogP contribution in [0.3, 0.4) is 0 Å². The molecule has 45 heavy (non-hydrogen) atoms. The van der Waals surface area contributed by atoms with E-state index in [1.807, 2.05) is 18.2 Å². The highest BCUT2D eigenvalue weighted by Gasteiger charge is 2.23. The van der Waals surface area contributed by atoms with Gasteiger partial charge in [-0.05, 0) is 69.5 Å². The van der Waals surface area contributed by atoms with Gasteiger partial charge in [-0.1, -0.05) is 81.4 Å². The minimum absolute atomic E-state index is 0.0288. The number of hydrogen-bond donors (Lipinski definition) is 5. The molecule has 1 amide bonds. The van der Waals surface area contributed by atoms with Gasteiger partial charge < -0.3 is 25.6 Å². The van der Waals surface area contributed by atoms with Gasteiger partial charge in [-0.3, -0.25) is 4.79 Å². The largest absolute Gasteiger partial charge is 0.508 e. The molecule has 6 aromatic rings. The van der Waals surface area contributed by atoms with Gasteiger partial charge >= 0.3 is 5.97 Å². The maximum absolute atomic E-state index is 13.1. The molecule has 1 unspecified atom stereocenters. The van der Waals surface area contributed by atoms with E-state index in [4.69, 9.17) is 4.98 Å². The van der Waals surface area contributed by atoms with Crippen molar-refractivity contribution in [2.75, 3.05) is 0 Å². The third-order valence-corrected chi connectivity index (χ3v) is 8.01. The van der Waals surface area contributed by atoms with E-state index in [2.05, 4.69) is 67.5 Å². The van der Waals surface area contributed by atoms with Gasteiger partial charge in [0.05, 0.1) is 10.9 Å². The summed E-state index contributed by atoms with van der Waals surface area (Å²) in [6.07, 6.45) is 0.0288. The van der Waals surface area contributed by atoms with Crippen molar-refractivity contribution >= 4 is 33.7 Å².